The molecule has 0 bridgehead atoms. The summed E-state index contributed by atoms with van der Waals surface area (Å²) in [5.41, 5.74) is 2.40. The van der Waals surface area contributed by atoms with Crippen LogP contribution in [0.1, 0.15) is 15.9 Å². The standard InChI is InChI=1S/C23H18ClN3O3/c1-14-9-10-16(24)13-18(14)26-23-17(22(28)27-20-8-3-4-11-25-20)12-15-6-5-7-19(29-2)21(15)30-23/h3-13H,1-2H3,(H,25,27,28). The molecular weight excluding hydrogens is 402 g/mol. The summed E-state index contributed by atoms with van der Waals surface area (Å²) in [6, 6.07) is 17.8. The highest BCUT2D eigenvalue weighted by Gasteiger charge is 2.15. The predicted octanol–water partition coefficient (Wildman–Crippen LogP) is 5.28. The zero-order valence-electron chi connectivity index (χ0n) is 16.3. The van der Waals surface area contributed by atoms with E-state index in [-0.39, 0.29) is 17.0 Å². The van der Waals surface area contributed by atoms with Gasteiger partial charge in [-0.25, -0.2) is 9.98 Å². The number of ether oxygens (including phenoxy) is 1. The van der Waals surface area contributed by atoms with Crippen LogP contribution in [0.2, 0.25) is 5.02 Å². The first-order chi connectivity index (χ1) is 14.5. The van der Waals surface area contributed by atoms with Crippen molar-refractivity contribution < 1.29 is 13.9 Å². The van der Waals surface area contributed by atoms with Gasteiger partial charge in [-0.3, -0.25) is 4.79 Å². The van der Waals surface area contributed by atoms with Gasteiger partial charge in [0.05, 0.1) is 12.8 Å². The molecule has 0 saturated carbocycles. The Morgan fingerprint density at radius 1 is 1.13 bits per heavy atom. The minimum absolute atomic E-state index is 0.144. The second-order valence-electron chi connectivity index (χ2n) is 6.56. The highest BCUT2D eigenvalue weighted by molar-refractivity contribution is 6.30. The molecule has 2 aromatic carbocycles. The van der Waals surface area contributed by atoms with Crippen LogP contribution in [0.25, 0.3) is 11.0 Å². The van der Waals surface area contributed by atoms with Gasteiger partial charge in [-0.15, -0.1) is 0 Å². The molecule has 2 heterocycles. The van der Waals surface area contributed by atoms with E-state index < -0.39 is 0 Å². The third-order valence-corrected chi connectivity index (χ3v) is 4.74. The molecule has 1 amide bonds. The molecule has 0 saturated heterocycles. The lowest BCUT2D eigenvalue weighted by Crippen LogP contribution is -2.22. The molecule has 7 heteroatoms. The molecular formula is C23H18ClN3O3. The fourth-order valence-corrected chi connectivity index (χ4v) is 3.13. The Kier molecular flexibility index (Phi) is 5.50. The van der Waals surface area contributed by atoms with Crippen LogP contribution in [0.4, 0.5) is 11.5 Å². The van der Waals surface area contributed by atoms with Crippen LogP contribution >= 0.6 is 11.6 Å². The number of benzene rings is 2. The van der Waals surface area contributed by atoms with Crippen molar-refractivity contribution in [1.29, 1.82) is 0 Å². The molecule has 0 aliphatic heterocycles. The molecule has 2 aromatic heterocycles. The molecule has 0 unspecified atom stereocenters. The second-order valence-corrected chi connectivity index (χ2v) is 6.99. The van der Waals surface area contributed by atoms with Gasteiger partial charge in [0.15, 0.2) is 11.3 Å². The molecule has 0 aliphatic rings. The summed E-state index contributed by atoms with van der Waals surface area (Å²) in [6.45, 7) is 1.91. The Labute approximate surface area is 177 Å². The van der Waals surface area contributed by atoms with Gasteiger partial charge >= 0.3 is 0 Å². The van der Waals surface area contributed by atoms with E-state index in [1.165, 1.54) is 0 Å². The Balaban J connectivity index is 1.93. The summed E-state index contributed by atoms with van der Waals surface area (Å²) in [5.74, 6) is 0.585. The van der Waals surface area contributed by atoms with Crippen LogP contribution in [-0.2, 0) is 0 Å². The fraction of sp³-hybridized carbons (Fsp3) is 0.0870. The molecule has 30 heavy (non-hydrogen) atoms. The van der Waals surface area contributed by atoms with Crippen LogP contribution < -0.4 is 15.6 Å². The smallest absolute Gasteiger partial charge is 0.262 e. The van der Waals surface area contributed by atoms with Crippen LogP contribution in [0.3, 0.4) is 0 Å². The number of para-hydroxylation sites is 1. The Hall–Kier alpha value is -3.64. The first-order valence-electron chi connectivity index (χ1n) is 9.19. The molecule has 0 radical (unpaired) electrons. The number of methoxy groups -OCH3 is 1. The van der Waals surface area contributed by atoms with E-state index in [1.807, 2.05) is 25.1 Å². The molecule has 4 rings (SSSR count). The van der Waals surface area contributed by atoms with Gasteiger partial charge in [0.25, 0.3) is 5.91 Å². The van der Waals surface area contributed by atoms with E-state index in [9.17, 15) is 4.79 Å². The van der Waals surface area contributed by atoms with E-state index in [4.69, 9.17) is 20.8 Å². The zero-order valence-corrected chi connectivity index (χ0v) is 17.1. The van der Waals surface area contributed by atoms with Crippen molar-refractivity contribution in [3.63, 3.8) is 0 Å². The number of nitrogens with one attached hydrogen (secondary N) is 1. The summed E-state index contributed by atoms with van der Waals surface area (Å²) >= 11 is 6.14. The summed E-state index contributed by atoms with van der Waals surface area (Å²) in [7, 11) is 1.56. The maximum absolute atomic E-state index is 13.0. The highest BCUT2D eigenvalue weighted by atomic mass is 35.5. The number of hydrogen-bond acceptors (Lipinski definition) is 5. The van der Waals surface area contributed by atoms with Crippen molar-refractivity contribution in [2.24, 2.45) is 4.99 Å². The van der Waals surface area contributed by atoms with Crippen LogP contribution in [0.5, 0.6) is 5.75 Å². The van der Waals surface area contributed by atoms with E-state index in [2.05, 4.69) is 15.3 Å². The molecule has 150 valence electrons. The van der Waals surface area contributed by atoms with Crippen molar-refractivity contribution in [1.82, 2.24) is 4.98 Å². The number of rotatable bonds is 4. The highest BCUT2D eigenvalue weighted by Crippen LogP contribution is 2.26. The average molecular weight is 420 g/mol. The largest absolute Gasteiger partial charge is 0.493 e. The third-order valence-electron chi connectivity index (χ3n) is 4.50. The van der Waals surface area contributed by atoms with Gasteiger partial charge in [-0.2, -0.15) is 0 Å². The third kappa shape index (κ3) is 4.04. The number of pyridine rings is 1. The maximum Gasteiger partial charge on any atom is 0.262 e. The van der Waals surface area contributed by atoms with Gasteiger partial charge < -0.3 is 14.5 Å². The molecule has 0 spiro atoms. The van der Waals surface area contributed by atoms with E-state index in [1.54, 1.807) is 55.8 Å². The predicted molar refractivity (Wildman–Crippen MR) is 116 cm³/mol. The van der Waals surface area contributed by atoms with Crippen molar-refractivity contribution in [3.05, 3.63) is 88.6 Å². The number of nitrogens with zero attached hydrogens (tertiary/aromatic N) is 2. The van der Waals surface area contributed by atoms with Crippen molar-refractivity contribution in [2.45, 2.75) is 6.92 Å². The number of carbonyl (C=O) groups excluding carboxylic acids is 1. The monoisotopic (exact) mass is 419 g/mol. The number of fused-ring (bicyclic) bond motifs is 1. The number of aromatic nitrogens is 1. The Bertz CT molecular complexity index is 1300. The van der Waals surface area contributed by atoms with Crippen LogP contribution in [0, 0.1) is 6.92 Å². The van der Waals surface area contributed by atoms with E-state index in [0.717, 1.165) is 5.56 Å². The maximum atomic E-state index is 13.0. The number of aryl methyl sites for hydroxylation is 1. The zero-order chi connectivity index (χ0) is 21.1. The molecule has 0 aliphatic carbocycles. The average Bonchev–Trinajstić information content (AvgIpc) is 2.76. The number of hydrogen-bond donors (Lipinski definition) is 1. The van der Waals surface area contributed by atoms with Gasteiger partial charge in [0, 0.05) is 16.6 Å². The molecule has 0 fully saturated rings. The summed E-state index contributed by atoms with van der Waals surface area (Å²) in [5, 5.41) is 4.03. The Morgan fingerprint density at radius 2 is 2.00 bits per heavy atom. The number of amides is 1. The molecule has 6 nitrogen and oxygen atoms in total. The molecule has 1 N–H and O–H groups in total. The fourth-order valence-electron chi connectivity index (χ4n) is 2.96. The van der Waals surface area contributed by atoms with Gasteiger partial charge in [0.1, 0.15) is 11.4 Å². The SMILES string of the molecule is COc1cccc2cc(C(=O)Nc3ccccn3)c(=Nc3cc(Cl)ccc3C)oc12. The topological polar surface area (TPSA) is 76.7 Å². The van der Waals surface area contributed by atoms with E-state index >= 15 is 0 Å². The second kappa shape index (κ2) is 8.39. The molecule has 4 aromatic rings. The molecule has 0 atom stereocenters. The van der Waals surface area contributed by atoms with Gasteiger partial charge in [-0.05, 0) is 48.9 Å². The first kappa shape index (κ1) is 19.7. The normalized spacial score (nSPS) is 11.5. The quantitative estimate of drug-likeness (QED) is 0.488. The minimum atomic E-state index is -0.388. The van der Waals surface area contributed by atoms with Gasteiger partial charge in [0.2, 0.25) is 5.55 Å². The minimum Gasteiger partial charge on any atom is -0.493 e. The summed E-state index contributed by atoms with van der Waals surface area (Å²) in [6.07, 6.45) is 1.60. The van der Waals surface area contributed by atoms with Crippen LogP contribution in [0.15, 0.2) is 76.3 Å². The lowest BCUT2D eigenvalue weighted by molar-refractivity contribution is 0.102. The summed E-state index contributed by atoms with van der Waals surface area (Å²) in [4.78, 5) is 21.8. The van der Waals surface area contributed by atoms with Crippen molar-refractivity contribution >= 4 is 40.0 Å². The van der Waals surface area contributed by atoms with E-state index in [0.29, 0.717) is 33.2 Å². The Morgan fingerprint density at radius 3 is 2.77 bits per heavy atom. The summed E-state index contributed by atoms with van der Waals surface area (Å²) < 4.78 is 11.5. The van der Waals surface area contributed by atoms with Crippen molar-refractivity contribution in [2.75, 3.05) is 12.4 Å². The number of carbonyl (C=O) groups is 1. The number of anilines is 1. The van der Waals surface area contributed by atoms with Crippen LogP contribution in [-0.4, -0.2) is 18.0 Å². The lowest BCUT2D eigenvalue weighted by Gasteiger charge is -2.09. The first-order valence-corrected chi connectivity index (χ1v) is 9.57. The van der Waals surface area contributed by atoms with Crippen molar-refractivity contribution in [3.8, 4) is 5.75 Å². The number of halogens is 1. The lowest BCUT2D eigenvalue weighted by atomic mass is 10.1. The van der Waals surface area contributed by atoms with Gasteiger partial charge in [-0.1, -0.05) is 35.9 Å².